The van der Waals surface area contributed by atoms with E-state index in [1.165, 1.54) is 0 Å². The molecule has 6 nitrogen and oxygen atoms in total. The van der Waals surface area contributed by atoms with Gasteiger partial charge in [-0.05, 0) is 36.8 Å². The number of benzene rings is 2. The van der Waals surface area contributed by atoms with Crippen LogP contribution in [0, 0.1) is 6.92 Å². The number of rotatable bonds is 4. The highest BCUT2D eigenvalue weighted by atomic mass is 35.5. The highest BCUT2D eigenvalue weighted by Gasteiger charge is 2.12. The van der Waals surface area contributed by atoms with Gasteiger partial charge in [-0.25, -0.2) is 9.97 Å². The molecular formula is C20H17ClN6. The van der Waals surface area contributed by atoms with Crippen LogP contribution in [-0.4, -0.2) is 20.2 Å². The molecule has 27 heavy (non-hydrogen) atoms. The van der Waals surface area contributed by atoms with Crippen molar-refractivity contribution in [2.75, 3.05) is 11.1 Å². The van der Waals surface area contributed by atoms with Gasteiger partial charge >= 0.3 is 0 Å². The van der Waals surface area contributed by atoms with Crippen LogP contribution in [0.25, 0.3) is 22.6 Å². The lowest BCUT2D eigenvalue weighted by atomic mass is 10.1. The fourth-order valence-electron chi connectivity index (χ4n) is 2.68. The number of aromatic nitrogens is 4. The maximum atomic E-state index is 6.17. The fraction of sp³-hybridized carbons (Fsp3) is 0.0500. The van der Waals surface area contributed by atoms with Gasteiger partial charge in [0.2, 0.25) is 0 Å². The van der Waals surface area contributed by atoms with Crippen molar-refractivity contribution in [3.63, 3.8) is 0 Å². The fourth-order valence-corrected chi connectivity index (χ4v) is 2.80. The lowest BCUT2D eigenvalue weighted by Gasteiger charge is -2.10. The van der Waals surface area contributed by atoms with E-state index in [1.807, 2.05) is 55.5 Å². The predicted octanol–water partition coefficient (Wildman–Crippen LogP) is 4.82. The molecule has 134 valence electrons. The summed E-state index contributed by atoms with van der Waals surface area (Å²) in [5.74, 6) is 1.71. The highest BCUT2D eigenvalue weighted by molar-refractivity contribution is 6.30. The molecule has 0 saturated heterocycles. The molecular weight excluding hydrogens is 360 g/mol. The summed E-state index contributed by atoms with van der Waals surface area (Å²) in [6, 6.07) is 19.2. The number of halogens is 1. The summed E-state index contributed by atoms with van der Waals surface area (Å²) in [6.07, 6.45) is 0. The summed E-state index contributed by atoms with van der Waals surface area (Å²) in [5, 5.41) is 11.2. The normalized spacial score (nSPS) is 10.7. The number of H-pyrrole nitrogens is 1. The number of hydrogen-bond donors (Lipinski definition) is 3. The number of nitrogens with two attached hydrogens (primary N) is 1. The largest absolute Gasteiger partial charge is 0.394 e. The van der Waals surface area contributed by atoms with Crippen LogP contribution in [0.1, 0.15) is 5.69 Å². The lowest BCUT2D eigenvalue weighted by molar-refractivity contribution is 1.08. The van der Waals surface area contributed by atoms with Crippen LogP contribution in [0.2, 0.25) is 5.02 Å². The van der Waals surface area contributed by atoms with Gasteiger partial charge < -0.3 is 11.1 Å². The zero-order valence-electron chi connectivity index (χ0n) is 14.6. The molecule has 0 unspecified atom stereocenters. The van der Waals surface area contributed by atoms with Gasteiger partial charge in [0.15, 0.2) is 17.5 Å². The molecule has 0 atom stereocenters. The van der Waals surface area contributed by atoms with Gasteiger partial charge in [0.25, 0.3) is 0 Å². The third-order valence-corrected chi connectivity index (χ3v) is 4.40. The summed E-state index contributed by atoms with van der Waals surface area (Å²) in [7, 11) is 0. The minimum atomic E-state index is 0.483. The van der Waals surface area contributed by atoms with Gasteiger partial charge in [0.1, 0.15) is 0 Å². The Balaban J connectivity index is 1.66. The Labute approximate surface area is 161 Å². The maximum Gasteiger partial charge on any atom is 0.161 e. The molecule has 4 rings (SSSR count). The number of hydrogen-bond acceptors (Lipinski definition) is 5. The van der Waals surface area contributed by atoms with Crippen molar-refractivity contribution in [3.05, 3.63) is 71.4 Å². The first kappa shape index (κ1) is 17.1. The Bertz CT molecular complexity index is 1070. The van der Waals surface area contributed by atoms with Gasteiger partial charge in [-0.1, -0.05) is 41.9 Å². The second-order valence-corrected chi connectivity index (χ2v) is 6.50. The smallest absolute Gasteiger partial charge is 0.161 e. The van der Waals surface area contributed by atoms with Crippen LogP contribution in [-0.2, 0) is 0 Å². The van der Waals surface area contributed by atoms with Gasteiger partial charge in [0, 0.05) is 16.7 Å². The zero-order valence-corrected chi connectivity index (χ0v) is 15.3. The van der Waals surface area contributed by atoms with E-state index >= 15 is 0 Å². The second-order valence-electron chi connectivity index (χ2n) is 6.06. The summed E-state index contributed by atoms with van der Waals surface area (Å²) < 4.78 is 0. The van der Waals surface area contributed by atoms with Crippen LogP contribution < -0.4 is 11.1 Å². The van der Waals surface area contributed by atoms with Crippen molar-refractivity contribution < 1.29 is 0 Å². The Kier molecular flexibility index (Phi) is 4.48. The van der Waals surface area contributed by atoms with Gasteiger partial charge in [-0.2, -0.15) is 5.10 Å². The SMILES string of the molecule is Cc1nc(-c2ccc(Cl)cc2)nc(Nc2cc(-c3ccccc3)[nH]n2)c1N. The number of aromatic amines is 1. The lowest BCUT2D eigenvalue weighted by Crippen LogP contribution is -2.05. The van der Waals surface area contributed by atoms with Crippen LogP contribution in [0.5, 0.6) is 0 Å². The zero-order chi connectivity index (χ0) is 18.8. The molecule has 4 N–H and O–H groups in total. The molecule has 0 fully saturated rings. The molecule has 0 radical (unpaired) electrons. The predicted molar refractivity (Wildman–Crippen MR) is 109 cm³/mol. The standard InChI is InChI=1S/C20H17ClN6/c1-12-18(22)20(25-19(23-12)14-7-9-15(21)10-8-14)24-17-11-16(26-27-17)13-5-3-2-4-6-13/h2-11H,22H2,1H3,(H2,23,24,25,26,27). The van der Waals surface area contributed by atoms with Crippen molar-refractivity contribution in [1.82, 2.24) is 20.2 Å². The quantitative estimate of drug-likeness (QED) is 0.474. The number of aryl methyl sites for hydroxylation is 1. The minimum Gasteiger partial charge on any atom is -0.394 e. The van der Waals surface area contributed by atoms with E-state index in [-0.39, 0.29) is 0 Å². The Morgan fingerprint density at radius 2 is 1.70 bits per heavy atom. The first-order chi connectivity index (χ1) is 13.1. The van der Waals surface area contributed by atoms with Crippen molar-refractivity contribution in [2.45, 2.75) is 6.92 Å². The molecule has 0 bridgehead atoms. The monoisotopic (exact) mass is 376 g/mol. The Hall–Kier alpha value is -3.38. The number of nitrogens with zero attached hydrogens (tertiary/aromatic N) is 3. The van der Waals surface area contributed by atoms with Gasteiger partial charge in [0.05, 0.1) is 17.1 Å². The average Bonchev–Trinajstić information content (AvgIpc) is 3.15. The van der Waals surface area contributed by atoms with Crippen molar-refractivity contribution in [3.8, 4) is 22.6 Å². The molecule has 2 heterocycles. The van der Waals surface area contributed by atoms with E-state index in [0.29, 0.717) is 33.9 Å². The summed E-state index contributed by atoms with van der Waals surface area (Å²) in [6.45, 7) is 1.85. The van der Waals surface area contributed by atoms with E-state index in [0.717, 1.165) is 16.8 Å². The molecule has 0 aliphatic rings. The van der Waals surface area contributed by atoms with E-state index in [9.17, 15) is 0 Å². The number of anilines is 3. The van der Waals surface area contributed by atoms with Crippen molar-refractivity contribution in [1.29, 1.82) is 0 Å². The Morgan fingerprint density at radius 3 is 2.44 bits per heavy atom. The summed E-state index contributed by atoms with van der Waals surface area (Å²) >= 11 is 5.96. The van der Waals surface area contributed by atoms with E-state index in [1.54, 1.807) is 12.1 Å². The maximum absolute atomic E-state index is 6.17. The minimum absolute atomic E-state index is 0.483. The highest BCUT2D eigenvalue weighted by Crippen LogP contribution is 2.28. The summed E-state index contributed by atoms with van der Waals surface area (Å²) in [4.78, 5) is 9.05. The molecule has 0 saturated carbocycles. The molecule has 7 heteroatoms. The molecule has 0 aliphatic heterocycles. The third-order valence-electron chi connectivity index (χ3n) is 4.15. The second kappa shape index (κ2) is 7.09. The molecule has 0 spiro atoms. The molecule has 4 aromatic rings. The van der Waals surface area contributed by atoms with E-state index in [4.69, 9.17) is 17.3 Å². The van der Waals surface area contributed by atoms with E-state index in [2.05, 4.69) is 25.5 Å². The van der Waals surface area contributed by atoms with Crippen molar-refractivity contribution >= 4 is 28.9 Å². The first-order valence-electron chi connectivity index (χ1n) is 8.38. The topological polar surface area (TPSA) is 92.5 Å². The molecule has 2 aromatic heterocycles. The van der Waals surface area contributed by atoms with Crippen LogP contribution in [0.3, 0.4) is 0 Å². The average molecular weight is 377 g/mol. The van der Waals surface area contributed by atoms with Crippen LogP contribution >= 0.6 is 11.6 Å². The summed E-state index contributed by atoms with van der Waals surface area (Å²) in [5.41, 5.74) is 10.2. The van der Waals surface area contributed by atoms with Gasteiger partial charge in [-0.15, -0.1) is 0 Å². The molecule has 0 amide bonds. The van der Waals surface area contributed by atoms with Crippen LogP contribution in [0.4, 0.5) is 17.3 Å². The van der Waals surface area contributed by atoms with Crippen LogP contribution in [0.15, 0.2) is 60.7 Å². The van der Waals surface area contributed by atoms with Gasteiger partial charge in [-0.3, -0.25) is 5.10 Å². The van der Waals surface area contributed by atoms with Crippen molar-refractivity contribution in [2.24, 2.45) is 0 Å². The van der Waals surface area contributed by atoms with E-state index < -0.39 is 0 Å². The number of nitrogens with one attached hydrogen (secondary N) is 2. The Morgan fingerprint density at radius 1 is 0.963 bits per heavy atom. The number of nitrogen functional groups attached to an aromatic ring is 1. The first-order valence-corrected chi connectivity index (χ1v) is 8.76. The molecule has 0 aliphatic carbocycles. The molecule has 2 aromatic carbocycles. The third kappa shape index (κ3) is 3.61.